The highest BCUT2D eigenvalue weighted by Gasteiger charge is 2.17. The van der Waals surface area contributed by atoms with E-state index >= 15 is 0 Å². The van der Waals surface area contributed by atoms with Gasteiger partial charge in [-0.05, 0) is 95.5 Å². The van der Waals surface area contributed by atoms with Crippen molar-refractivity contribution in [3.05, 3.63) is 285 Å². The Balaban J connectivity index is 0.000000187. The van der Waals surface area contributed by atoms with E-state index < -0.39 is 0 Å². The van der Waals surface area contributed by atoms with Gasteiger partial charge in [0.05, 0.1) is 25.7 Å². The van der Waals surface area contributed by atoms with Crippen molar-refractivity contribution < 1.29 is 38.1 Å². The van der Waals surface area contributed by atoms with Crippen LogP contribution in [0.15, 0.2) is 231 Å². The zero-order valence-electron chi connectivity index (χ0n) is 43.5. The van der Waals surface area contributed by atoms with Crippen LogP contribution in [0.25, 0.3) is 0 Å². The first-order valence-corrected chi connectivity index (χ1v) is 26.2. The first kappa shape index (κ1) is 59.1. The quantitative estimate of drug-likeness (QED) is 0.0618. The Labute approximate surface area is 458 Å². The van der Waals surface area contributed by atoms with Crippen molar-refractivity contribution in [1.82, 2.24) is 0 Å². The molecule has 0 aliphatic heterocycles. The molecule has 0 fully saturated rings. The Bertz CT molecular complexity index is 2890. The highest BCUT2D eigenvalue weighted by molar-refractivity contribution is 6.30. The van der Waals surface area contributed by atoms with Crippen molar-refractivity contribution in [2.45, 2.75) is 90.6 Å². The Morgan fingerprint density at radius 2 is 0.539 bits per heavy atom. The van der Waals surface area contributed by atoms with E-state index in [0.717, 1.165) is 57.3 Å². The van der Waals surface area contributed by atoms with Gasteiger partial charge in [-0.1, -0.05) is 243 Å². The highest BCUT2D eigenvalue weighted by atomic mass is 35.5. The number of benzene rings is 8. The Morgan fingerprint density at radius 3 is 0.803 bits per heavy atom. The minimum atomic E-state index is -0.237. The fraction of sp³-hybridized carbons (Fsp3) is 0.212. The molecular formula is C66H66Cl2O8. The van der Waals surface area contributed by atoms with Crippen LogP contribution in [0, 0.1) is 0 Å². The Kier molecular flexibility index (Phi) is 25.8. The molecule has 0 radical (unpaired) electrons. The van der Waals surface area contributed by atoms with Crippen LogP contribution in [0.2, 0.25) is 10.0 Å². The number of hydrogen-bond acceptors (Lipinski definition) is 8. The van der Waals surface area contributed by atoms with Crippen molar-refractivity contribution in [2.24, 2.45) is 0 Å². The molecular weight excluding hydrogens is 992 g/mol. The number of esters is 4. The zero-order chi connectivity index (χ0) is 54.3. The van der Waals surface area contributed by atoms with Crippen LogP contribution in [-0.4, -0.2) is 23.9 Å². The van der Waals surface area contributed by atoms with Gasteiger partial charge >= 0.3 is 23.9 Å². The summed E-state index contributed by atoms with van der Waals surface area (Å²) in [5.41, 5.74) is 7.84. The number of hydrogen-bond donors (Lipinski definition) is 0. The third-order valence-corrected chi connectivity index (χ3v) is 12.2. The first-order valence-electron chi connectivity index (χ1n) is 25.4. The second-order valence-electron chi connectivity index (χ2n) is 17.6. The topological polar surface area (TPSA) is 105 Å². The van der Waals surface area contributed by atoms with Crippen molar-refractivity contribution in [2.75, 3.05) is 0 Å². The van der Waals surface area contributed by atoms with Gasteiger partial charge in [-0.2, -0.15) is 0 Å². The van der Waals surface area contributed by atoms with Gasteiger partial charge < -0.3 is 18.9 Å². The normalized spacial score (nSPS) is 11.9. The van der Waals surface area contributed by atoms with Gasteiger partial charge in [-0.3, -0.25) is 19.2 Å². The molecule has 0 aliphatic rings. The molecule has 4 unspecified atom stereocenters. The largest absolute Gasteiger partial charge is 0.458 e. The van der Waals surface area contributed by atoms with E-state index in [9.17, 15) is 19.2 Å². The maximum atomic E-state index is 12.0. The van der Waals surface area contributed by atoms with E-state index in [1.807, 2.05) is 234 Å². The highest BCUT2D eigenvalue weighted by Crippen LogP contribution is 2.24. The van der Waals surface area contributed by atoms with E-state index in [1.54, 1.807) is 24.3 Å². The Hall–Kier alpha value is -7.78. The lowest BCUT2D eigenvalue weighted by Gasteiger charge is -2.16. The summed E-state index contributed by atoms with van der Waals surface area (Å²) in [5, 5.41) is 1.33. The fourth-order valence-corrected chi connectivity index (χ4v) is 7.89. The van der Waals surface area contributed by atoms with Gasteiger partial charge in [0.15, 0.2) is 0 Å². The zero-order valence-corrected chi connectivity index (χ0v) is 45.0. The van der Waals surface area contributed by atoms with Crippen LogP contribution in [0.1, 0.15) is 109 Å². The number of ether oxygens (including phenoxy) is 4. The molecule has 76 heavy (non-hydrogen) atoms. The smallest absolute Gasteiger partial charge is 0.310 e. The molecule has 0 N–H and O–H groups in total. The summed E-state index contributed by atoms with van der Waals surface area (Å²) in [5.74, 6) is -0.832. The molecule has 10 heteroatoms. The second-order valence-corrected chi connectivity index (χ2v) is 18.5. The predicted octanol–water partition coefficient (Wildman–Crippen LogP) is 16.2. The summed E-state index contributed by atoms with van der Waals surface area (Å²) in [6.45, 7) is 7.79. The van der Waals surface area contributed by atoms with Gasteiger partial charge in [-0.25, -0.2) is 0 Å². The van der Waals surface area contributed by atoms with Gasteiger partial charge in [0.1, 0.15) is 24.4 Å². The molecule has 8 aromatic rings. The molecule has 0 amide bonds. The molecule has 392 valence electrons. The molecule has 8 rings (SSSR count). The molecule has 8 aromatic carbocycles. The number of halogens is 2. The average Bonchev–Trinajstić information content (AvgIpc) is 3.45. The van der Waals surface area contributed by atoms with Crippen LogP contribution in [0.4, 0.5) is 0 Å². The third kappa shape index (κ3) is 22.4. The van der Waals surface area contributed by atoms with E-state index in [2.05, 4.69) is 0 Å². The summed E-state index contributed by atoms with van der Waals surface area (Å²) >= 11 is 11.6. The molecule has 4 atom stereocenters. The van der Waals surface area contributed by atoms with Crippen molar-refractivity contribution in [3.8, 4) is 0 Å². The molecule has 0 saturated heterocycles. The van der Waals surface area contributed by atoms with Gasteiger partial charge in [0.2, 0.25) is 0 Å². The number of carbonyl (C=O) groups is 4. The van der Waals surface area contributed by atoms with E-state index in [1.165, 1.54) is 0 Å². The summed E-state index contributed by atoms with van der Waals surface area (Å²) in [4.78, 5) is 47.5. The number of carbonyl (C=O) groups excluding carboxylic acids is 4. The van der Waals surface area contributed by atoms with Crippen LogP contribution in [0.5, 0.6) is 0 Å². The number of rotatable bonds is 18. The van der Waals surface area contributed by atoms with Crippen molar-refractivity contribution >= 4 is 47.1 Å². The maximum Gasteiger partial charge on any atom is 0.310 e. The second kappa shape index (κ2) is 33.2. The fourth-order valence-electron chi connectivity index (χ4n) is 7.63. The maximum absolute atomic E-state index is 12.0. The molecule has 0 aromatic heterocycles. The first-order chi connectivity index (χ1) is 36.9. The monoisotopic (exact) mass is 1060 g/mol. The van der Waals surface area contributed by atoms with Crippen LogP contribution < -0.4 is 0 Å². The molecule has 0 spiro atoms. The van der Waals surface area contributed by atoms with Gasteiger partial charge in [-0.15, -0.1) is 0 Å². The standard InChI is InChI=1S/C17H17ClO2.C17H18O2.C16H15ClO2.C16H16O2/c1-2-16(14-6-4-3-5-7-14)20-17(19)12-13-8-10-15(18)11-9-13;1-2-16(15-11-7-4-8-12-15)19-17(18)13-14-9-5-3-6-10-14;1-12(14-5-3-2-4-6-14)19-16(18)11-13-7-9-15(17)10-8-13;1-13(15-10-6-3-7-11-15)18-16(17)12-14-8-4-2-5-9-14/h3-11,16H,2,12H2,1H3;3-12,16H,2,13H2,1H3;2-10,12H,11H2,1H3;2-11,13H,12H2,1H3. The lowest BCUT2D eigenvalue weighted by atomic mass is 10.1. The molecule has 0 saturated carbocycles. The van der Waals surface area contributed by atoms with E-state index in [4.69, 9.17) is 42.1 Å². The molecule has 0 heterocycles. The molecule has 0 aliphatic carbocycles. The Morgan fingerprint density at radius 1 is 0.316 bits per heavy atom. The van der Waals surface area contributed by atoms with Crippen LogP contribution in [-0.2, 0) is 63.8 Å². The average molecular weight is 1060 g/mol. The van der Waals surface area contributed by atoms with Gasteiger partial charge in [0.25, 0.3) is 0 Å². The van der Waals surface area contributed by atoms with Gasteiger partial charge in [0, 0.05) is 10.0 Å². The lowest BCUT2D eigenvalue weighted by Crippen LogP contribution is -2.13. The predicted molar refractivity (Wildman–Crippen MR) is 304 cm³/mol. The summed E-state index contributed by atoms with van der Waals surface area (Å²) in [6.07, 6.45) is 1.93. The van der Waals surface area contributed by atoms with Crippen molar-refractivity contribution in [3.63, 3.8) is 0 Å². The van der Waals surface area contributed by atoms with E-state index in [0.29, 0.717) is 22.9 Å². The van der Waals surface area contributed by atoms with Crippen LogP contribution >= 0.6 is 23.2 Å². The molecule has 0 bridgehead atoms. The molecule has 8 nitrogen and oxygen atoms in total. The summed E-state index contributed by atoms with van der Waals surface area (Å²) < 4.78 is 21.9. The minimum Gasteiger partial charge on any atom is -0.458 e. The van der Waals surface area contributed by atoms with Crippen molar-refractivity contribution in [1.29, 1.82) is 0 Å². The minimum absolute atomic E-state index is 0.155. The lowest BCUT2D eigenvalue weighted by molar-refractivity contribution is -0.149. The summed E-state index contributed by atoms with van der Waals surface area (Å²) in [7, 11) is 0. The van der Waals surface area contributed by atoms with Crippen LogP contribution in [0.3, 0.4) is 0 Å². The third-order valence-electron chi connectivity index (χ3n) is 11.7. The van der Waals surface area contributed by atoms with E-state index in [-0.39, 0.29) is 61.1 Å². The summed E-state index contributed by atoms with van der Waals surface area (Å²) in [6, 6.07) is 72.8. The SMILES string of the molecule is CC(OC(=O)Cc1ccc(Cl)cc1)c1ccccc1.CC(OC(=O)Cc1ccccc1)c1ccccc1.CCC(OC(=O)Cc1ccc(Cl)cc1)c1ccccc1.CCC(OC(=O)Cc1ccccc1)c1ccccc1.